The van der Waals surface area contributed by atoms with Crippen LogP contribution in [0.25, 0.3) is 0 Å². The Morgan fingerprint density at radius 2 is 2.05 bits per heavy atom. The first-order valence-corrected chi connectivity index (χ1v) is 8.85. The molecule has 0 aromatic heterocycles. The van der Waals surface area contributed by atoms with Crippen LogP contribution in [-0.4, -0.2) is 34.7 Å². The van der Waals surface area contributed by atoms with Crippen LogP contribution in [-0.2, 0) is 10.0 Å². The van der Waals surface area contributed by atoms with Crippen LogP contribution >= 0.6 is 23.2 Å². The van der Waals surface area contributed by atoms with Crippen LogP contribution in [0.1, 0.15) is 13.3 Å². The molecule has 1 aliphatic rings. The maximum absolute atomic E-state index is 12.5. The number of ether oxygens (including phenoxy) is 1. The predicted octanol–water partition coefficient (Wildman–Crippen LogP) is 2.28. The zero-order chi connectivity index (χ0) is 15.6. The largest absolute Gasteiger partial charge is 0.495 e. The number of sulfonamides is 1. The van der Waals surface area contributed by atoms with Gasteiger partial charge in [-0.3, -0.25) is 0 Å². The van der Waals surface area contributed by atoms with Gasteiger partial charge in [-0.05, 0) is 31.5 Å². The van der Waals surface area contributed by atoms with E-state index >= 15 is 0 Å². The first kappa shape index (κ1) is 16.8. The van der Waals surface area contributed by atoms with Crippen molar-refractivity contribution in [2.45, 2.75) is 24.3 Å². The monoisotopic (exact) mass is 352 g/mol. The minimum absolute atomic E-state index is 0.0271. The fourth-order valence-electron chi connectivity index (χ4n) is 2.32. The summed E-state index contributed by atoms with van der Waals surface area (Å²) in [7, 11) is -2.28. The first-order valence-electron chi connectivity index (χ1n) is 6.61. The Kier molecular flexibility index (Phi) is 5.38. The van der Waals surface area contributed by atoms with Gasteiger partial charge in [-0.25, -0.2) is 13.1 Å². The van der Waals surface area contributed by atoms with E-state index in [-0.39, 0.29) is 26.9 Å². The highest BCUT2D eigenvalue weighted by Crippen LogP contribution is 2.33. The third-order valence-electron chi connectivity index (χ3n) is 3.59. The molecule has 118 valence electrons. The first-order chi connectivity index (χ1) is 9.85. The van der Waals surface area contributed by atoms with Gasteiger partial charge in [-0.15, -0.1) is 0 Å². The summed E-state index contributed by atoms with van der Waals surface area (Å²) >= 11 is 12.0. The van der Waals surface area contributed by atoms with E-state index in [1.807, 2.05) is 6.92 Å². The molecule has 2 rings (SSSR count). The Bertz CT molecular complexity index is 622. The summed E-state index contributed by atoms with van der Waals surface area (Å²) < 4.78 is 32.7. The van der Waals surface area contributed by atoms with Crippen LogP contribution in [0.3, 0.4) is 0 Å². The number of halogens is 2. The second-order valence-corrected chi connectivity index (χ2v) is 7.61. The van der Waals surface area contributed by atoms with Crippen LogP contribution in [0.4, 0.5) is 0 Å². The standard InChI is InChI=1S/C13H18Cl2N2O3S/c1-8-7-16-4-3-11(8)17-21(18,19)13-6-9(14)12(20-2)5-10(13)15/h5-6,8,11,16-17H,3-4,7H2,1-2H3. The summed E-state index contributed by atoms with van der Waals surface area (Å²) in [5.41, 5.74) is 0. The number of piperidine rings is 1. The molecule has 1 saturated heterocycles. The molecule has 2 N–H and O–H groups in total. The number of nitrogens with one attached hydrogen (secondary N) is 2. The molecule has 0 aliphatic carbocycles. The molecule has 2 atom stereocenters. The molecule has 1 aliphatic heterocycles. The molecule has 1 aromatic rings. The maximum Gasteiger partial charge on any atom is 0.242 e. The lowest BCUT2D eigenvalue weighted by molar-refractivity contribution is 0.328. The van der Waals surface area contributed by atoms with E-state index in [1.54, 1.807) is 0 Å². The van der Waals surface area contributed by atoms with Crippen molar-refractivity contribution in [3.63, 3.8) is 0 Å². The number of hydrogen-bond acceptors (Lipinski definition) is 4. The number of methoxy groups -OCH3 is 1. The van der Waals surface area contributed by atoms with E-state index in [9.17, 15) is 8.42 Å². The molecule has 21 heavy (non-hydrogen) atoms. The average molecular weight is 353 g/mol. The van der Waals surface area contributed by atoms with Crippen molar-refractivity contribution in [3.05, 3.63) is 22.2 Å². The lowest BCUT2D eigenvalue weighted by Crippen LogP contribution is -2.48. The summed E-state index contributed by atoms with van der Waals surface area (Å²) in [5, 5.41) is 3.52. The number of rotatable bonds is 4. The summed E-state index contributed by atoms with van der Waals surface area (Å²) in [6, 6.07) is 2.61. The van der Waals surface area contributed by atoms with Gasteiger partial charge in [0.15, 0.2) is 0 Å². The van der Waals surface area contributed by atoms with Gasteiger partial charge in [0.25, 0.3) is 0 Å². The molecular weight excluding hydrogens is 335 g/mol. The predicted molar refractivity (Wildman–Crippen MR) is 83.8 cm³/mol. The highest BCUT2D eigenvalue weighted by atomic mass is 35.5. The van der Waals surface area contributed by atoms with Gasteiger partial charge in [0.2, 0.25) is 10.0 Å². The molecule has 0 amide bonds. The third-order valence-corrected chi connectivity index (χ3v) is 5.84. The molecular formula is C13H18Cl2N2O3S. The normalized spacial score (nSPS) is 23.0. The van der Waals surface area contributed by atoms with Gasteiger partial charge in [0.1, 0.15) is 10.6 Å². The minimum atomic E-state index is -3.72. The van der Waals surface area contributed by atoms with Crippen LogP contribution in [0, 0.1) is 5.92 Å². The molecule has 0 spiro atoms. The van der Waals surface area contributed by atoms with Gasteiger partial charge in [0, 0.05) is 12.1 Å². The second-order valence-electron chi connectivity index (χ2n) is 5.12. The van der Waals surface area contributed by atoms with E-state index in [4.69, 9.17) is 27.9 Å². The summed E-state index contributed by atoms with van der Waals surface area (Å²) in [4.78, 5) is -0.0271. The third kappa shape index (κ3) is 3.81. The molecule has 0 bridgehead atoms. The van der Waals surface area contributed by atoms with Crippen LogP contribution in [0.2, 0.25) is 10.0 Å². The van der Waals surface area contributed by atoms with Crippen LogP contribution < -0.4 is 14.8 Å². The molecule has 2 unspecified atom stereocenters. The molecule has 1 heterocycles. The lowest BCUT2D eigenvalue weighted by atomic mass is 9.97. The molecule has 0 radical (unpaired) electrons. The van der Waals surface area contributed by atoms with Crippen molar-refractivity contribution in [3.8, 4) is 5.75 Å². The zero-order valence-electron chi connectivity index (χ0n) is 11.8. The Hall–Kier alpha value is -0.530. The summed E-state index contributed by atoms with van der Waals surface area (Å²) in [6.45, 7) is 3.57. The van der Waals surface area contributed by atoms with Crippen LogP contribution in [0.15, 0.2) is 17.0 Å². The second kappa shape index (κ2) is 6.71. The van der Waals surface area contributed by atoms with Gasteiger partial charge in [0.05, 0.1) is 17.2 Å². The highest BCUT2D eigenvalue weighted by Gasteiger charge is 2.28. The molecule has 1 aromatic carbocycles. The Morgan fingerprint density at radius 3 is 2.67 bits per heavy atom. The molecule has 5 nitrogen and oxygen atoms in total. The molecule has 1 fully saturated rings. The van der Waals surface area contributed by atoms with Crippen molar-refractivity contribution in [2.75, 3.05) is 20.2 Å². The highest BCUT2D eigenvalue weighted by molar-refractivity contribution is 7.89. The van der Waals surface area contributed by atoms with Crippen molar-refractivity contribution in [2.24, 2.45) is 5.92 Å². The van der Waals surface area contributed by atoms with Crippen molar-refractivity contribution < 1.29 is 13.2 Å². The maximum atomic E-state index is 12.5. The SMILES string of the molecule is COc1cc(Cl)c(S(=O)(=O)NC2CCNCC2C)cc1Cl. The average Bonchev–Trinajstić information content (AvgIpc) is 2.43. The van der Waals surface area contributed by atoms with E-state index in [0.29, 0.717) is 5.75 Å². The van der Waals surface area contributed by atoms with Crippen LogP contribution in [0.5, 0.6) is 5.75 Å². The smallest absolute Gasteiger partial charge is 0.242 e. The van der Waals surface area contributed by atoms with Crippen molar-refractivity contribution in [1.29, 1.82) is 0 Å². The van der Waals surface area contributed by atoms with E-state index in [0.717, 1.165) is 19.5 Å². The van der Waals surface area contributed by atoms with Gasteiger partial charge < -0.3 is 10.1 Å². The lowest BCUT2D eigenvalue weighted by Gasteiger charge is -2.30. The minimum Gasteiger partial charge on any atom is -0.495 e. The number of hydrogen-bond donors (Lipinski definition) is 2. The van der Waals surface area contributed by atoms with E-state index in [1.165, 1.54) is 19.2 Å². The number of benzene rings is 1. The van der Waals surface area contributed by atoms with Crippen molar-refractivity contribution >= 4 is 33.2 Å². The van der Waals surface area contributed by atoms with Crippen molar-refractivity contribution in [1.82, 2.24) is 10.0 Å². The Balaban J connectivity index is 2.29. The zero-order valence-corrected chi connectivity index (χ0v) is 14.1. The van der Waals surface area contributed by atoms with E-state index < -0.39 is 10.0 Å². The fourth-order valence-corrected chi connectivity index (χ4v) is 4.55. The van der Waals surface area contributed by atoms with Gasteiger partial charge >= 0.3 is 0 Å². The summed E-state index contributed by atoms with van der Waals surface area (Å²) in [5.74, 6) is 0.553. The van der Waals surface area contributed by atoms with Gasteiger partial charge in [-0.2, -0.15) is 0 Å². The quantitative estimate of drug-likeness (QED) is 0.872. The molecule has 0 saturated carbocycles. The fraction of sp³-hybridized carbons (Fsp3) is 0.538. The van der Waals surface area contributed by atoms with Gasteiger partial charge in [-0.1, -0.05) is 30.1 Å². The summed E-state index contributed by atoms with van der Waals surface area (Å²) in [6.07, 6.45) is 0.738. The Labute approximate surface area is 135 Å². The van der Waals surface area contributed by atoms with E-state index in [2.05, 4.69) is 10.0 Å². The topological polar surface area (TPSA) is 67.4 Å². The Morgan fingerprint density at radius 1 is 1.33 bits per heavy atom. The molecule has 8 heteroatoms.